The van der Waals surface area contributed by atoms with Crippen molar-refractivity contribution < 1.29 is 14.8 Å². The van der Waals surface area contributed by atoms with Crippen molar-refractivity contribution >= 4 is 28.9 Å². The lowest BCUT2D eigenvalue weighted by Gasteiger charge is -2.37. The summed E-state index contributed by atoms with van der Waals surface area (Å²) in [5.74, 6) is -0.970. The molecule has 1 heterocycles. The van der Waals surface area contributed by atoms with Crippen molar-refractivity contribution in [1.29, 1.82) is 0 Å². The summed E-state index contributed by atoms with van der Waals surface area (Å²) in [4.78, 5) is 22.2. The fourth-order valence-corrected chi connectivity index (χ4v) is 4.20. The summed E-state index contributed by atoms with van der Waals surface area (Å²) in [6.45, 7) is 0. The molecule has 3 atom stereocenters. The molecule has 1 aliphatic heterocycles. The van der Waals surface area contributed by atoms with E-state index < -0.39 is 5.97 Å². The minimum absolute atomic E-state index is 0.0677. The molecule has 0 saturated carbocycles. The number of benzene rings is 2. The van der Waals surface area contributed by atoms with Gasteiger partial charge in [0.1, 0.15) is 0 Å². The summed E-state index contributed by atoms with van der Waals surface area (Å²) in [6, 6.07) is 9.59. The van der Waals surface area contributed by atoms with Gasteiger partial charge >= 0.3 is 5.97 Å². The van der Waals surface area contributed by atoms with E-state index in [1.165, 1.54) is 12.1 Å². The van der Waals surface area contributed by atoms with Crippen LogP contribution in [0.3, 0.4) is 0 Å². The number of allylic oxidation sites excluding steroid dienone is 2. The van der Waals surface area contributed by atoms with E-state index in [2.05, 4.69) is 5.32 Å². The first-order valence-electron chi connectivity index (χ1n) is 8.20. The third-order valence-corrected chi connectivity index (χ3v) is 5.47. The third kappa shape index (κ3) is 2.54. The summed E-state index contributed by atoms with van der Waals surface area (Å²) in [5, 5.41) is 24.4. The molecule has 2 aromatic rings. The number of hydrogen-bond donors (Lipinski definition) is 2. The van der Waals surface area contributed by atoms with Gasteiger partial charge in [-0.3, -0.25) is 10.1 Å². The number of carbonyl (C=O) groups is 1. The second-order valence-corrected chi connectivity index (χ2v) is 6.92. The van der Waals surface area contributed by atoms with Crippen LogP contribution in [0.2, 0.25) is 5.02 Å². The molecule has 6 nitrogen and oxygen atoms in total. The number of rotatable bonds is 3. The van der Waals surface area contributed by atoms with Crippen molar-refractivity contribution in [2.24, 2.45) is 5.92 Å². The molecule has 0 radical (unpaired) electrons. The number of carboxylic acids is 1. The maximum Gasteiger partial charge on any atom is 0.335 e. The number of nitrogens with one attached hydrogen (secondary N) is 1. The number of fused-ring (bicyclic) bond motifs is 3. The van der Waals surface area contributed by atoms with E-state index in [0.29, 0.717) is 16.3 Å². The normalized spacial score (nSPS) is 23.0. The fraction of sp³-hybridized carbons (Fsp3) is 0.211. The van der Waals surface area contributed by atoms with Gasteiger partial charge in [0.2, 0.25) is 0 Å². The standard InChI is InChI=1S/C19H15ClN2O4/c20-14-8-9-15(22(25)26)16-12-2-1-3-13(12)17(21-18(14)16)10-4-6-11(7-5-10)19(23)24/h1-2,4-9,12-13,17,21H,3H2,(H,23,24)/t12-,13-,17-/m1/s1. The Balaban J connectivity index is 1.81. The molecule has 1 aliphatic carbocycles. The van der Waals surface area contributed by atoms with Gasteiger partial charge in [-0.2, -0.15) is 0 Å². The van der Waals surface area contributed by atoms with Gasteiger partial charge in [0, 0.05) is 12.0 Å². The molecule has 2 aromatic carbocycles. The lowest BCUT2D eigenvalue weighted by Crippen LogP contribution is -2.29. The Morgan fingerprint density at radius 3 is 2.62 bits per heavy atom. The smallest absolute Gasteiger partial charge is 0.335 e. The number of carboxylic acid groups (broad SMARTS) is 1. The Bertz CT molecular complexity index is 939. The van der Waals surface area contributed by atoms with Crippen molar-refractivity contribution in [3.63, 3.8) is 0 Å². The van der Waals surface area contributed by atoms with Gasteiger partial charge in [-0.05, 0) is 36.1 Å². The van der Waals surface area contributed by atoms with Crippen LogP contribution in [0.5, 0.6) is 0 Å². The molecule has 2 aliphatic rings. The number of nitro groups is 1. The van der Waals surface area contributed by atoms with Crippen LogP contribution in [-0.4, -0.2) is 16.0 Å². The summed E-state index contributed by atoms with van der Waals surface area (Å²) in [5.41, 5.74) is 2.43. The lowest BCUT2D eigenvalue weighted by molar-refractivity contribution is -0.385. The summed E-state index contributed by atoms with van der Waals surface area (Å²) < 4.78 is 0. The van der Waals surface area contributed by atoms with Gasteiger partial charge in [0.15, 0.2) is 0 Å². The van der Waals surface area contributed by atoms with Crippen molar-refractivity contribution in [2.45, 2.75) is 18.4 Å². The van der Waals surface area contributed by atoms with Gasteiger partial charge in [0.05, 0.1) is 32.8 Å². The highest BCUT2D eigenvalue weighted by molar-refractivity contribution is 6.33. The summed E-state index contributed by atoms with van der Waals surface area (Å²) >= 11 is 6.34. The monoisotopic (exact) mass is 370 g/mol. The van der Waals surface area contributed by atoms with Crippen molar-refractivity contribution in [3.8, 4) is 0 Å². The molecule has 26 heavy (non-hydrogen) atoms. The number of nitro benzene ring substituents is 1. The second kappa shape index (κ2) is 6.14. The van der Waals surface area contributed by atoms with E-state index in [0.717, 1.165) is 12.0 Å². The van der Waals surface area contributed by atoms with Crippen LogP contribution < -0.4 is 5.32 Å². The zero-order chi connectivity index (χ0) is 18.4. The molecule has 0 fully saturated rings. The lowest BCUT2D eigenvalue weighted by atomic mass is 9.76. The van der Waals surface area contributed by atoms with E-state index in [1.54, 1.807) is 24.3 Å². The number of hydrogen-bond acceptors (Lipinski definition) is 4. The molecule has 132 valence electrons. The highest BCUT2D eigenvalue weighted by atomic mass is 35.5. The van der Waals surface area contributed by atoms with Crippen LogP contribution in [0.1, 0.15) is 39.9 Å². The topological polar surface area (TPSA) is 92.5 Å². The molecule has 2 N–H and O–H groups in total. The zero-order valence-electron chi connectivity index (χ0n) is 13.6. The molecule has 7 heteroatoms. The van der Waals surface area contributed by atoms with Gasteiger partial charge in [-0.1, -0.05) is 35.9 Å². The highest BCUT2D eigenvalue weighted by Crippen LogP contribution is 2.54. The first-order chi connectivity index (χ1) is 12.5. The molecule has 0 spiro atoms. The average Bonchev–Trinajstić information content (AvgIpc) is 3.11. The quantitative estimate of drug-likeness (QED) is 0.461. The predicted molar refractivity (Wildman–Crippen MR) is 97.9 cm³/mol. The fourth-order valence-electron chi connectivity index (χ4n) is 3.98. The SMILES string of the molecule is O=C(O)c1ccc([C@H]2Nc3c(Cl)ccc([N+](=O)[O-])c3[C@@H]3C=CC[C@@H]23)cc1. The maximum atomic E-state index is 11.5. The van der Waals surface area contributed by atoms with E-state index in [4.69, 9.17) is 16.7 Å². The summed E-state index contributed by atoms with van der Waals surface area (Å²) in [6.07, 6.45) is 4.83. The Morgan fingerprint density at radius 2 is 1.96 bits per heavy atom. The average molecular weight is 371 g/mol. The Morgan fingerprint density at radius 1 is 1.23 bits per heavy atom. The van der Waals surface area contributed by atoms with E-state index in [1.807, 2.05) is 12.2 Å². The predicted octanol–water partition coefficient (Wildman–Crippen LogP) is 4.77. The molecule has 0 unspecified atom stereocenters. The Labute approximate surface area is 154 Å². The third-order valence-electron chi connectivity index (χ3n) is 5.16. The number of halogens is 1. The van der Waals surface area contributed by atoms with Gasteiger partial charge in [-0.25, -0.2) is 4.79 Å². The van der Waals surface area contributed by atoms with Crippen LogP contribution in [0.25, 0.3) is 0 Å². The van der Waals surface area contributed by atoms with Crippen molar-refractivity contribution in [3.05, 3.63) is 80.4 Å². The van der Waals surface area contributed by atoms with E-state index in [9.17, 15) is 14.9 Å². The minimum Gasteiger partial charge on any atom is -0.478 e. The number of aromatic carboxylic acids is 1. The van der Waals surface area contributed by atoms with Crippen molar-refractivity contribution in [1.82, 2.24) is 0 Å². The van der Waals surface area contributed by atoms with Crippen LogP contribution in [-0.2, 0) is 0 Å². The van der Waals surface area contributed by atoms with E-state index >= 15 is 0 Å². The maximum absolute atomic E-state index is 11.5. The first kappa shape index (κ1) is 16.6. The Hall–Kier alpha value is -2.86. The van der Waals surface area contributed by atoms with Crippen molar-refractivity contribution in [2.75, 3.05) is 5.32 Å². The van der Waals surface area contributed by atoms with Gasteiger partial charge in [0.25, 0.3) is 5.69 Å². The molecule has 0 saturated heterocycles. The van der Waals surface area contributed by atoms with Crippen LogP contribution in [0, 0.1) is 16.0 Å². The molecule has 0 amide bonds. The molecule has 0 bridgehead atoms. The molecular weight excluding hydrogens is 356 g/mol. The second-order valence-electron chi connectivity index (χ2n) is 6.51. The van der Waals surface area contributed by atoms with Gasteiger partial charge in [-0.15, -0.1) is 0 Å². The molecule has 4 rings (SSSR count). The number of anilines is 1. The Kier molecular flexibility index (Phi) is 3.92. The van der Waals surface area contributed by atoms with E-state index in [-0.39, 0.29) is 34.1 Å². The van der Waals surface area contributed by atoms with Crippen LogP contribution >= 0.6 is 11.6 Å². The molecule has 0 aromatic heterocycles. The van der Waals surface area contributed by atoms with Crippen LogP contribution in [0.15, 0.2) is 48.6 Å². The first-order valence-corrected chi connectivity index (χ1v) is 8.58. The largest absolute Gasteiger partial charge is 0.478 e. The van der Waals surface area contributed by atoms with Crippen LogP contribution in [0.4, 0.5) is 11.4 Å². The minimum atomic E-state index is -0.974. The number of nitrogens with zero attached hydrogens (tertiary/aromatic N) is 1. The zero-order valence-corrected chi connectivity index (χ0v) is 14.3. The molecular formula is C19H15ClN2O4. The van der Waals surface area contributed by atoms with Gasteiger partial charge < -0.3 is 10.4 Å². The highest BCUT2D eigenvalue weighted by Gasteiger charge is 2.42. The summed E-state index contributed by atoms with van der Waals surface area (Å²) in [7, 11) is 0.